The van der Waals surface area contributed by atoms with Crippen molar-refractivity contribution in [1.29, 1.82) is 0 Å². The lowest BCUT2D eigenvalue weighted by Crippen LogP contribution is -2.26. The zero-order valence-electron chi connectivity index (χ0n) is 13.8. The predicted octanol–water partition coefficient (Wildman–Crippen LogP) is 1.88. The molecule has 0 unspecified atom stereocenters. The number of nitrogens with one attached hydrogen (secondary N) is 1. The van der Waals surface area contributed by atoms with E-state index in [0.717, 1.165) is 11.8 Å². The third-order valence-electron chi connectivity index (χ3n) is 1.50. The van der Waals surface area contributed by atoms with Gasteiger partial charge in [-0.05, 0) is 18.0 Å². The van der Waals surface area contributed by atoms with Crippen LogP contribution in [-0.4, -0.2) is 47.8 Å². The Morgan fingerprint density at radius 3 is 1.91 bits per heavy atom. The Hall–Kier alpha value is -1.77. The average molecular weight is 339 g/mol. The Bertz CT molecular complexity index is 331. The molecule has 0 aromatic rings. The van der Waals surface area contributed by atoms with Gasteiger partial charge in [-0.2, -0.15) is 0 Å². The molecule has 0 aliphatic rings. The molecule has 130 valence electrons. The van der Waals surface area contributed by atoms with Crippen LogP contribution in [0.25, 0.3) is 0 Å². The van der Waals surface area contributed by atoms with Gasteiger partial charge in [-0.1, -0.05) is 27.7 Å². The first-order valence-electron chi connectivity index (χ1n) is 6.54. The number of carboxylic acids is 1. The van der Waals surface area contributed by atoms with E-state index in [0.29, 0.717) is 0 Å². The first kappa shape index (κ1) is 25.2. The van der Waals surface area contributed by atoms with Crippen molar-refractivity contribution < 1.29 is 33.8 Å². The number of carboxylic acid groups (broad SMARTS) is 1. The van der Waals surface area contributed by atoms with E-state index in [1.54, 1.807) is 20.1 Å². The molecule has 0 saturated heterocycles. The zero-order chi connectivity index (χ0) is 18.1. The number of hydrogen-bond acceptors (Lipinski definition) is 7. The van der Waals surface area contributed by atoms with Gasteiger partial charge in [0.05, 0.1) is 5.92 Å². The Morgan fingerprint density at radius 1 is 1.14 bits per heavy atom. The number of hydrogen-bond donors (Lipinski definition) is 2. The number of amides is 1. The van der Waals surface area contributed by atoms with Gasteiger partial charge in [-0.25, -0.2) is 4.79 Å². The molecule has 2 N–H and O–H groups in total. The summed E-state index contributed by atoms with van der Waals surface area (Å²) in [6, 6.07) is 0. The molecule has 0 bridgehead atoms. The van der Waals surface area contributed by atoms with Crippen LogP contribution in [0.1, 0.15) is 34.6 Å². The van der Waals surface area contributed by atoms with Crippen LogP contribution in [0.4, 0.5) is 4.79 Å². The van der Waals surface area contributed by atoms with Crippen LogP contribution in [0.3, 0.4) is 0 Å². The molecule has 0 aliphatic carbocycles. The summed E-state index contributed by atoms with van der Waals surface area (Å²) in [4.78, 5) is 41.0. The fourth-order valence-electron chi connectivity index (χ4n) is 0.561. The second-order valence-corrected chi connectivity index (χ2v) is 4.38. The summed E-state index contributed by atoms with van der Waals surface area (Å²) in [5.74, 6) is -1.92. The maximum absolute atomic E-state index is 10.8. The van der Waals surface area contributed by atoms with Crippen LogP contribution in [0.2, 0.25) is 0 Å². The van der Waals surface area contributed by atoms with E-state index in [-0.39, 0.29) is 31.1 Å². The molecule has 0 rings (SSSR count). The third kappa shape index (κ3) is 23.3. The number of rotatable bonds is 5. The van der Waals surface area contributed by atoms with Gasteiger partial charge in [-0.15, -0.1) is 0 Å². The van der Waals surface area contributed by atoms with Gasteiger partial charge in [0.1, 0.15) is 6.54 Å². The molecule has 0 heterocycles. The highest BCUT2D eigenvalue weighted by Crippen LogP contribution is 2.00. The van der Waals surface area contributed by atoms with E-state index < -0.39 is 11.3 Å². The molecule has 22 heavy (non-hydrogen) atoms. The number of carbonyl (C=O) groups excluding carboxylic acids is 3. The van der Waals surface area contributed by atoms with E-state index >= 15 is 0 Å². The molecule has 0 saturated carbocycles. The topological polar surface area (TPSA) is 119 Å². The predicted molar refractivity (Wildman–Crippen MR) is 83.5 cm³/mol. The van der Waals surface area contributed by atoms with E-state index in [2.05, 4.69) is 14.8 Å². The van der Waals surface area contributed by atoms with Crippen molar-refractivity contribution >= 4 is 34.9 Å². The first-order valence-corrected chi connectivity index (χ1v) is 7.76. The smallest absolute Gasteiger partial charge is 0.369 e. The summed E-state index contributed by atoms with van der Waals surface area (Å²) in [5.41, 5.74) is 0. The second kappa shape index (κ2) is 17.3. The third-order valence-corrected chi connectivity index (χ3v) is 1.96. The van der Waals surface area contributed by atoms with Crippen LogP contribution in [0.15, 0.2) is 0 Å². The SMILES string of the molecule is CC.CC(=O)NCC(=O)O.CSC(=O)OCOC(=O)C(C)C. The van der Waals surface area contributed by atoms with Gasteiger partial charge < -0.3 is 19.9 Å². The van der Waals surface area contributed by atoms with Crippen LogP contribution in [0, 0.1) is 5.92 Å². The van der Waals surface area contributed by atoms with Crippen molar-refractivity contribution in [3.05, 3.63) is 0 Å². The fraction of sp³-hybridized carbons (Fsp3) is 0.692. The fourth-order valence-corrected chi connectivity index (χ4v) is 0.727. The molecule has 0 aromatic heterocycles. The maximum Gasteiger partial charge on any atom is 0.369 e. The van der Waals surface area contributed by atoms with E-state index in [1.165, 1.54) is 6.92 Å². The summed E-state index contributed by atoms with van der Waals surface area (Å²) in [6.07, 6.45) is 1.59. The second-order valence-electron chi connectivity index (χ2n) is 3.64. The van der Waals surface area contributed by atoms with Crippen LogP contribution in [0.5, 0.6) is 0 Å². The molecular weight excluding hydrogens is 314 g/mol. The van der Waals surface area contributed by atoms with Crippen molar-refractivity contribution in [3.63, 3.8) is 0 Å². The standard InChI is InChI=1S/C7H12O4S.C4H7NO3.C2H6/c1-5(2)6(8)10-4-11-7(9)12-3;1-3(6)5-2-4(7)8;1-2/h5H,4H2,1-3H3;2H2,1H3,(H,5,6)(H,7,8);1-2H3. The highest BCUT2D eigenvalue weighted by atomic mass is 32.2. The van der Waals surface area contributed by atoms with Crippen molar-refractivity contribution in [3.8, 4) is 0 Å². The minimum atomic E-state index is -1.03. The molecule has 1 amide bonds. The summed E-state index contributed by atoms with van der Waals surface area (Å²) < 4.78 is 9.07. The molecular formula is C13H25NO7S. The van der Waals surface area contributed by atoms with E-state index in [1.807, 2.05) is 13.8 Å². The normalized spacial score (nSPS) is 8.50. The summed E-state index contributed by atoms with van der Waals surface area (Å²) in [6.45, 7) is 8.09. The van der Waals surface area contributed by atoms with Crippen molar-refractivity contribution in [2.24, 2.45) is 5.92 Å². The lowest BCUT2D eigenvalue weighted by Gasteiger charge is -2.06. The molecule has 0 fully saturated rings. The van der Waals surface area contributed by atoms with Crippen LogP contribution >= 0.6 is 11.8 Å². The average Bonchev–Trinajstić information content (AvgIpc) is 2.47. The van der Waals surface area contributed by atoms with Gasteiger partial charge in [-0.3, -0.25) is 14.4 Å². The van der Waals surface area contributed by atoms with Gasteiger partial charge in [0.25, 0.3) is 0 Å². The number of aliphatic carboxylic acids is 1. The van der Waals surface area contributed by atoms with E-state index in [9.17, 15) is 19.2 Å². The quantitative estimate of drug-likeness (QED) is 0.575. The van der Waals surface area contributed by atoms with E-state index in [4.69, 9.17) is 5.11 Å². The molecule has 0 aromatic carbocycles. The lowest BCUT2D eigenvalue weighted by molar-refractivity contribution is -0.155. The molecule has 0 radical (unpaired) electrons. The highest BCUT2D eigenvalue weighted by molar-refractivity contribution is 8.12. The molecule has 0 aliphatic heterocycles. The largest absolute Gasteiger partial charge is 0.480 e. The van der Waals surface area contributed by atoms with Gasteiger partial charge in [0.2, 0.25) is 12.7 Å². The Balaban J connectivity index is -0.000000313. The summed E-state index contributed by atoms with van der Waals surface area (Å²) >= 11 is 0.932. The van der Waals surface area contributed by atoms with Gasteiger partial charge in [0.15, 0.2) is 0 Å². The highest BCUT2D eigenvalue weighted by Gasteiger charge is 2.08. The molecule has 9 heteroatoms. The minimum Gasteiger partial charge on any atom is -0.480 e. The number of ether oxygens (including phenoxy) is 2. The monoisotopic (exact) mass is 339 g/mol. The first-order chi connectivity index (χ1) is 10.2. The maximum atomic E-state index is 10.8. The molecule has 0 atom stereocenters. The Morgan fingerprint density at radius 2 is 1.64 bits per heavy atom. The van der Waals surface area contributed by atoms with Gasteiger partial charge in [0, 0.05) is 6.92 Å². The van der Waals surface area contributed by atoms with Gasteiger partial charge >= 0.3 is 17.2 Å². The van der Waals surface area contributed by atoms with Crippen molar-refractivity contribution in [2.45, 2.75) is 34.6 Å². The number of carbonyl (C=O) groups is 4. The zero-order valence-corrected chi connectivity index (χ0v) is 14.6. The van der Waals surface area contributed by atoms with Crippen LogP contribution in [-0.2, 0) is 23.9 Å². The number of thioether (sulfide) groups is 1. The molecule has 8 nitrogen and oxygen atoms in total. The van der Waals surface area contributed by atoms with Crippen LogP contribution < -0.4 is 5.32 Å². The Labute approximate surface area is 134 Å². The minimum absolute atomic E-state index is 0.196. The number of esters is 1. The molecule has 0 spiro atoms. The lowest BCUT2D eigenvalue weighted by atomic mass is 10.2. The Kier molecular flexibility index (Phi) is 19.8. The van der Waals surface area contributed by atoms with Crippen molar-refractivity contribution in [1.82, 2.24) is 5.32 Å². The summed E-state index contributed by atoms with van der Waals surface area (Å²) in [5, 5.41) is 9.60. The summed E-state index contributed by atoms with van der Waals surface area (Å²) in [7, 11) is 0. The van der Waals surface area contributed by atoms with Crippen molar-refractivity contribution in [2.75, 3.05) is 19.6 Å².